The van der Waals surface area contributed by atoms with Crippen molar-refractivity contribution in [1.82, 2.24) is 0 Å². The summed E-state index contributed by atoms with van der Waals surface area (Å²) in [6.07, 6.45) is 3.96. The maximum Gasteiger partial charge on any atom is 0.0790 e. The van der Waals surface area contributed by atoms with Gasteiger partial charge in [0.1, 0.15) is 0 Å². The molecule has 0 amide bonds. The second-order valence-electron chi connectivity index (χ2n) is 3.56. The average Bonchev–Trinajstić information content (AvgIpc) is 2.19. The van der Waals surface area contributed by atoms with Crippen LogP contribution in [0.4, 0.5) is 0 Å². The fourth-order valence-corrected chi connectivity index (χ4v) is 1.57. The third-order valence-electron chi connectivity index (χ3n) is 2.34. The Hall–Kier alpha value is -0.530. The number of aliphatic hydroxyl groups excluding tert-OH is 1. The Bertz CT molecular complexity index is 256. The normalized spacial score (nSPS) is 12.8. The van der Waals surface area contributed by atoms with Gasteiger partial charge in [0.15, 0.2) is 0 Å². The first-order valence-corrected chi connectivity index (χ1v) is 5.55. The van der Waals surface area contributed by atoms with Gasteiger partial charge in [-0.2, -0.15) is 0 Å². The standard InChI is InChI=1S/C12H17ClO/c1-2-3-4-5-12(14)10-6-8-11(13)9-7-10/h6-9,12,14H,2-5H2,1H3/t12-/m0/s1. The molecule has 2 heteroatoms. The molecule has 0 fully saturated rings. The molecule has 14 heavy (non-hydrogen) atoms. The molecule has 1 aromatic rings. The van der Waals surface area contributed by atoms with Gasteiger partial charge in [-0.3, -0.25) is 0 Å². The molecule has 1 rings (SSSR count). The molecule has 78 valence electrons. The first-order valence-electron chi connectivity index (χ1n) is 5.17. The summed E-state index contributed by atoms with van der Waals surface area (Å²) in [4.78, 5) is 0. The van der Waals surface area contributed by atoms with E-state index in [1.165, 1.54) is 12.8 Å². The highest BCUT2D eigenvalue weighted by Gasteiger charge is 2.05. The summed E-state index contributed by atoms with van der Waals surface area (Å²) in [5, 5.41) is 10.5. The zero-order valence-electron chi connectivity index (χ0n) is 8.54. The Balaban J connectivity index is 2.43. The molecule has 0 radical (unpaired) electrons. The number of hydrogen-bond acceptors (Lipinski definition) is 1. The van der Waals surface area contributed by atoms with E-state index in [2.05, 4.69) is 6.92 Å². The van der Waals surface area contributed by atoms with Gasteiger partial charge in [-0.1, -0.05) is 49.9 Å². The van der Waals surface area contributed by atoms with Crippen LogP contribution >= 0.6 is 11.6 Å². The fraction of sp³-hybridized carbons (Fsp3) is 0.500. The monoisotopic (exact) mass is 212 g/mol. The highest BCUT2D eigenvalue weighted by atomic mass is 35.5. The maximum atomic E-state index is 9.79. The maximum absolute atomic E-state index is 9.79. The van der Waals surface area contributed by atoms with Crippen LogP contribution in [0, 0.1) is 0 Å². The van der Waals surface area contributed by atoms with E-state index in [1.54, 1.807) is 0 Å². The fourth-order valence-electron chi connectivity index (χ4n) is 1.44. The van der Waals surface area contributed by atoms with Crippen molar-refractivity contribution in [2.75, 3.05) is 0 Å². The van der Waals surface area contributed by atoms with Gasteiger partial charge in [0.05, 0.1) is 6.10 Å². The number of unbranched alkanes of at least 4 members (excludes halogenated alkanes) is 2. The SMILES string of the molecule is CCCCC[C@H](O)c1ccc(Cl)cc1. The van der Waals surface area contributed by atoms with E-state index >= 15 is 0 Å². The molecule has 0 saturated carbocycles. The van der Waals surface area contributed by atoms with E-state index in [0.29, 0.717) is 0 Å². The molecular formula is C12H17ClO. The largest absolute Gasteiger partial charge is 0.388 e. The molecule has 0 spiro atoms. The van der Waals surface area contributed by atoms with Gasteiger partial charge in [0.25, 0.3) is 0 Å². The molecule has 0 aliphatic carbocycles. The second kappa shape index (κ2) is 6.05. The number of halogens is 1. The highest BCUT2D eigenvalue weighted by Crippen LogP contribution is 2.21. The van der Waals surface area contributed by atoms with Crippen LogP contribution in [-0.4, -0.2) is 5.11 Å². The van der Waals surface area contributed by atoms with Crippen molar-refractivity contribution in [3.05, 3.63) is 34.9 Å². The summed E-state index contributed by atoms with van der Waals surface area (Å²) < 4.78 is 0. The highest BCUT2D eigenvalue weighted by molar-refractivity contribution is 6.30. The van der Waals surface area contributed by atoms with Gasteiger partial charge >= 0.3 is 0 Å². The van der Waals surface area contributed by atoms with Crippen LogP contribution in [0.1, 0.15) is 44.3 Å². The van der Waals surface area contributed by atoms with E-state index in [0.717, 1.165) is 23.4 Å². The lowest BCUT2D eigenvalue weighted by Crippen LogP contribution is -1.96. The minimum Gasteiger partial charge on any atom is -0.388 e. The van der Waals surface area contributed by atoms with Crippen LogP contribution in [0.2, 0.25) is 5.02 Å². The molecule has 1 nitrogen and oxygen atoms in total. The van der Waals surface area contributed by atoms with E-state index in [-0.39, 0.29) is 6.10 Å². The Kier molecular flexibility index (Phi) is 4.99. The van der Waals surface area contributed by atoms with Crippen molar-refractivity contribution < 1.29 is 5.11 Å². The Labute approximate surface area is 90.7 Å². The van der Waals surface area contributed by atoms with Gasteiger partial charge in [0.2, 0.25) is 0 Å². The summed E-state index contributed by atoms with van der Waals surface area (Å²) >= 11 is 5.76. The zero-order chi connectivity index (χ0) is 10.4. The molecule has 0 aliphatic rings. The average molecular weight is 213 g/mol. The topological polar surface area (TPSA) is 20.2 Å². The number of benzene rings is 1. The van der Waals surface area contributed by atoms with Crippen LogP contribution in [0.25, 0.3) is 0 Å². The first kappa shape index (κ1) is 11.5. The number of hydrogen-bond donors (Lipinski definition) is 1. The smallest absolute Gasteiger partial charge is 0.0790 e. The van der Waals surface area contributed by atoms with Crippen molar-refractivity contribution in [1.29, 1.82) is 0 Å². The predicted octanol–water partition coefficient (Wildman–Crippen LogP) is 3.95. The zero-order valence-corrected chi connectivity index (χ0v) is 9.30. The van der Waals surface area contributed by atoms with Crippen LogP contribution in [-0.2, 0) is 0 Å². The van der Waals surface area contributed by atoms with E-state index in [4.69, 9.17) is 11.6 Å². The van der Waals surface area contributed by atoms with Gasteiger partial charge < -0.3 is 5.11 Å². The van der Waals surface area contributed by atoms with Crippen molar-refractivity contribution in [3.63, 3.8) is 0 Å². The van der Waals surface area contributed by atoms with Gasteiger partial charge in [-0.05, 0) is 24.1 Å². The predicted molar refractivity (Wildman–Crippen MR) is 60.6 cm³/mol. The molecule has 0 bridgehead atoms. The van der Waals surface area contributed by atoms with Crippen LogP contribution in [0.3, 0.4) is 0 Å². The van der Waals surface area contributed by atoms with Crippen molar-refractivity contribution in [3.8, 4) is 0 Å². The molecule has 1 N–H and O–H groups in total. The Morgan fingerprint density at radius 3 is 2.43 bits per heavy atom. The summed E-state index contributed by atoms with van der Waals surface area (Å²) in [5.74, 6) is 0. The van der Waals surface area contributed by atoms with Crippen LogP contribution in [0.5, 0.6) is 0 Å². The van der Waals surface area contributed by atoms with Gasteiger partial charge in [-0.15, -0.1) is 0 Å². The van der Waals surface area contributed by atoms with Crippen molar-refractivity contribution in [2.24, 2.45) is 0 Å². The van der Waals surface area contributed by atoms with Crippen LogP contribution < -0.4 is 0 Å². The lowest BCUT2D eigenvalue weighted by atomic mass is 10.0. The number of rotatable bonds is 5. The third kappa shape index (κ3) is 3.69. The summed E-state index contributed by atoms with van der Waals surface area (Å²) in [7, 11) is 0. The Morgan fingerprint density at radius 1 is 1.21 bits per heavy atom. The van der Waals surface area contributed by atoms with Crippen molar-refractivity contribution >= 4 is 11.6 Å². The van der Waals surface area contributed by atoms with E-state index in [9.17, 15) is 5.11 Å². The molecule has 0 unspecified atom stereocenters. The third-order valence-corrected chi connectivity index (χ3v) is 2.59. The molecule has 0 saturated heterocycles. The summed E-state index contributed by atoms with van der Waals surface area (Å²) in [6.45, 7) is 2.16. The summed E-state index contributed by atoms with van der Waals surface area (Å²) in [6, 6.07) is 7.41. The molecule has 0 heterocycles. The van der Waals surface area contributed by atoms with Gasteiger partial charge in [0, 0.05) is 5.02 Å². The summed E-state index contributed by atoms with van der Waals surface area (Å²) in [5.41, 5.74) is 0.963. The first-order chi connectivity index (χ1) is 6.74. The molecule has 1 atom stereocenters. The lowest BCUT2D eigenvalue weighted by Gasteiger charge is -2.10. The molecule has 0 aromatic heterocycles. The lowest BCUT2D eigenvalue weighted by molar-refractivity contribution is 0.163. The van der Waals surface area contributed by atoms with Gasteiger partial charge in [-0.25, -0.2) is 0 Å². The molecule has 1 aromatic carbocycles. The van der Waals surface area contributed by atoms with E-state index in [1.807, 2.05) is 24.3 Å². The minimum absolute atomic E-state index is 0.334. The van der Waals surface area contributed by atoms with Crippen LogP contribution in [0.15, 0.2) is 24.3 Å². The number of aliphatic hydroxyl groups is 1. The second-order valence-corrected chi connectivity index (χ2v) is 4.00. The van der Waals surface area contributed by atoms with Crippen molar-refractivity contribution in [2.45, 2.75) is 38.7 Å². The minimum atomic E-state index is -0.334. The van der Waals surface area contributed by atoms with E-state index < -0.39 is 0 Å². The molecule has 0 aliphatic heterocycles. The Morgan fingerprint density at radius 2 is 1.86 bits per heavy atom. The quantitative estimate of drug-likeness (QED) is 0.733. The molecular weight excluding hydrogens is 196 g/mol.